The standard InChI is InChI=1S/C32H35F6N5O10/c1-6-30(39)13-21(27-22(8-9-24(41-27)49-5)43(30)29(48)50-7-2)26(18-10-19(31(33,34)35)12-20(11-18)32(36,37)38)28(40-23(46)14-51-16(3)44)42-53-25(47)15-52-17(4)45/h8-12,21,26H,6-7,13-15,39H2,1-5H3,(H,40,42,46)/t21-,26?,30+/m0/s1. The van der Waals surface area contributed by atoms with E-state index in [0.29, 0.717) is 12.1 Å². The molecule has 0 radical (unpaired) electrons. The molecule has 15 nitrogen and oxygen atoms in total. The summed E-state index contributed by atoms with van der Waals surface area (Å²) in [6.45, 7) is 2.76. The Morgan fingerprint density at radius 2 is 1.55 bits per heavy atom. The summed E-state index contributed by atoms with van der Waals surface area (Å²) in [6, 6.07) is 3.19. The number of halogens is 6. The number of ether oxygens (including phenoxy) is 4. The number of benzene rings is 1. The third-order valence-corrected chi connectivity index (χ3v) is 7.74. The van der Waals surface area contributed by atoms with Gasteiger partial charge in [0.25, 0.3) is 5.91 Å². The molecule has 2 heterocycles. The number of amides is 2. The Labute approximate surface area is 297 Å². The number of alkyl halides is 6. The molecule has 1 aromatic carbocycles. The molecule has 3 rings (SSSR count). The highest BCUT2D eigenvalue weighted by Crippen LogP contribution is 2.50. The highest BCUT2D eigenvalue weighted by Gasteiger charge is 2.50. The van der Waals surface area contributed by atoms with E-state index in [9.17, 15) is 50.3 Å². The summed E-state index contributed by atoms with van der Waals surface area (Å²) in [6.07, 6.45) is -12.2. The molecule has 2 amide bonds. The molecule has 3 N–H and O–H groups in total. The topological polar surface area (TPSA) is 198 Å². The van der Waals surface area contributed by atoms with Crippen molar-refractivity contribution < 1.29 is 74.1 Å². The number of rotatable bonds is 11. The van der Waals surface area contributed by atoms with E-state index in [1.165, 1.54) is 26.2 Å². The molecule has 0 fully saturated rings. The summed E-state index contributed by atoms with van der Waals surface area (Å²) >= 11 is 0. The van der Waals surface area contributed by atoms with Crippen LogP contribution in [0.4, 0.5) is 36.8 Å². The molecule has 2 aromatic rings. The number of carbonyl (C=O) groups is 5. The molecule has 1 aliphatic heterocycles. The Balaban J connectivity index is 2.49. The van der Waals surface area contributed by atoms with Crippen LogP contribution in [0.25, 0.3) is 0 Å². The predicted molar refractivity (Wildman–Crippen MR) is 169 cm³/mol. The van der Waals surface area contributed by atoms with Gasteiger partial charge in [-0.25, -0.2) is 14.6 Å². The van der Waals surface area contributed by atoms with Gasteiger partial charge in [0.2, 0.25) is 5.88 Å². The number of amidine groups is 1. The Kier molecular flexibility index (Phi) is 13.4. The van der Waals surface area contributed by atoms with Crippen molar-refractivity contribution >= 4 is 41.4 Å². The number of pyridine rings is 1. The zero-order chi connectivity index (χ0) is 39.9. The minimum Gasteiger partial charge on any atom is -0.481 e. The molecular weight excluding hydrogens is 728 g/mol. The minimum absolute atomic E-state index is 0.0838. The second-order valence-corrected chi connectivity index (χ2v) is 11.4. The molecule has 1 unspecified atom stereocenters. The van der Waals surface area contributed by atoms with E-state index < -0.39 is 102 Å². The van der Waals surface area contributed by atoms with Gasteiger partial charge >= 0.3 is 36.4 Å². The number of fused-ring (bicyclic) bond motifs is 1. The van der Waals surface area contributed by atoms with E-state index in [1.54, 1.807) is 6.92 Å². The maximum atomic E-state index is 14.2. The van der Waals surface area contributed by atoms with Crippen molar-refractivity contribution in [2.24, 2.45) is 10.9 Å². The van der Waals surface area contributed by atoms with Crippen LogP contribution in [0.3, 0.4) is 0 Å². The van der Waals surface area contributed by atoms with Crippen LogP contribution in [0.5, 0.6) is 5.88 Å². The summed E-state index contributed by atoms with van der Waals surface area (Å²) < 4.78 is 105. The number of esters is 2. The Morgan fingerprint density at radius 3 is 2.06 bits per heavy atom. The number of carbonyl (C=O) groups excluding carboxylic acids is 5. The molecule has 3 atom stereocenters. The maximum Gasteiger partial charge on any atom is 0.416 e. The first-order valence-electron chi connectivity index (χ1n) is 15.6. The molecule has 0 spiro atoms. The first-order chi connectivity index (χ1) is 24.6. The predicted octanol–water partition coefficient (Wildman–Crippen LogP) is 4.53. The quantitative estimate of drug-likeness (QED) is 0.0618. The maximum absolute atomic E-state index is 14.2. The fourth-order valence-electron chi connectivity index (χ4n) is 5.41. The van der Waals surface area contributed by atoms with Crippen molar-refractivity contribution in [3.05, 3.63) is 52.7 Å². The number of nitrogens with two attached hydrogens (primary N) is 1. The fourth-order valence-corrected chi connectivity index (χ4v) is 5.41. The van der Waals surface area contributed by atoms with Crippen molar-refractivity contribution in [3.8, 4) is 5.88 Å². The number of nitrogens with zero attached hydrogens (tertiary/aromatic N) is 3. The number of hydrogen-bond donors (Lipinski definition) is 2. The van der Waals surface area contributed by atoms with E-state index in [-0.39, 0.29) is 36.4 Å². The largest absolute Gasteiger partial charge is 0.481 e. The summed E-state index contributed by atoms with van der Waals surface area (Å²) in [5.41, 5.74) is 0.381. The van der Waals surface area contributed by atoms with E-state index in [0.717, 1.165) is 18.7 Å². The summed E-state index contributed by atoms with van der Waals surface area (Å²) in [4.78, 5) is 71.8. The molecule has 0 bridgehead atoms. The van der Waals surface area contributed by atoms with Gasteiger partial charge in [-0.1, -0.05) is 12.1 Å². The molecule has 0 saturated heterocycles. The lowest BCUT2D eigenvalue weighted by molar-refractivity contribution is -0.157. The van der Waals surface area contributed by atoms with Gasteiger partial charge in [0.15, 0.2) is 19.0 Å². The number of hydrogen-bond acceptors (Lipinski definition) is 13. The second kappa shape index (κ2) is 16.9. The lowest BCUT2D eigenvalue weighted by Crippen LogP contribution is -2.62. The van der Waals surface area contributed by atoms with E-state index in [1.807, 2.05) is 0 Å². The van der Waals surface area contributed by atoms with Crippen LogP contribution in [0.15, 0.2) is 35.5 Å². The van der Waals surface area contributed by atoms with Crippen molar-refractivity contribution in [2.75, 3.05) is 31.8 Å². The SMILES string of the molecule is CCOC(=O)N1c2ccc(OC)nc2[C@H](C(C(=NOC(=O)COC(C)=O)NC(=O)COC(C)=O)c2cc(C(F)(F)F)cc(C(F)(F)F)c2)C[C@@]1(N)CC. The van der Waals surface area contributed by atoms with Gasteiger partial charge in [0, 0.05) is 25.8 Å². The van der Waals surface area contributed by atoms with Crippen molar-refractivity contribution in [3.63, 3.8) is 0 Å². The average molecular weight is 764 g/mol. The molecule has 0 aliphatic carbocycles. The van der Waals surface area contributed by atoms with Crippen LogP contribution in [-0.4, -0.2) is 73.3 Å². The number of methoxy groups -OCH3 is 1. The van der Waals surface area contributed by atoms with Gasteiger partial charge in [0.05, 0.1) is 47.8 Å². The fraction of sp³-hybridized carbons (Fsp3) is 0.469. The van der Waals surface area contributed by atoms with Gasteiger partial charge in [-0.05, 0) is 49.6 Å². The molecule has 0 saturated carbocycles. The lowest BCUT2D eigenvalue weighted by atomic mass is 9.73. The van der Waals surface area contributed by atoms with Gasteiger partial charge in [0.1, 0.15) is 0 Å². The van der Waals surface area contributed by atoms with Gasteiger partial charge in [-0.15, -0.1) is 0 Å². The van der Waals surface area contributed by atoms with Crippen molar-refractivity contribution in [2.45, 2.75) is 70.4 Å². The van der Waals surface area contributed by atoms with Crippen LogP contribution in [0, 0.1) is 0 Å². The Morgan fingerprint density at radius 1 is 0.962 bits per heavy atom. The van der Waals surface area contributed by atoms with Gasteiger partial charge in [-0.2, -0.15) is 26.3 Å². The van der Waals surface area contributed by atoms with Crippen LogP contribution in [-0.2, 0) is 50.6 Å². The van der Waals surface area contributed by atoms with Gasteiger partial charge < -0.3 is 34.8 Å². The van der Waals surface area contributed by atoms with Crippen LogP contribution >= 0.6 is 0 Å². The molecule has 21 heteroatoms. The minimum atomic E-state index is -5.35. The van der Waals surface area contributed by atoms with Crippen molar-refractivity contribution in [1.82, 2.24) is 10.3 Å². The molecule has 53 heavy (non-hydrogen) atoms. The molecule has 290 valence electrons. The zero-order valence-electron chi connectivity index (χ0n) is 28.8. The van der Waals surface area contributed by atoms with E-state index in [4.69, 9.17) is 20.0 Å². The normalized spacial score (nSPS) is 17.9. The summed E-state index contributed by atoms with van der Waals surface area (Å²) in [7, 11) is 1.21. The lowest BCUT2D eigenvalue weighted by Gasteiger charge is -2.48. The molecular formula is C32H35F6N5O10. The number of anilines is 1. The average Bonchev–Trinajstić information content (AvgIpc) is 3.07. The smallest absolute Gasteiger partial charge is 0.416 e. The van der Waals surface area contributed by atoms with Crippen LogP contribution in [0.1, 0.15) is 74.8 Å². The van der Waals surface area contributed by atoms with Crippen LogP contribution in [0.2, 0.25) is 0 Å². The van der Waals surface area contributed by atoms with Crippen molar-refractivity contribution in [1.29, 1.82) is 0 Å². The second-order valence-electron chi connectivity index (χ2n) is 11.4. The monoisotopic (exact) mass is 763 g/mol. The van der Waals surface area contributed by atoms with E-state index in [2.05, 4.69) is 24.9 Å². The Hall–Kier alpha value is -5.47. The van der Waals surface area contributed by atoms with Gasteiger partial charge in [-0.3, -0.25) is 19.3 Å². The first-order valence-corrected chi connectivity index (χ1v) is 15.6. The first kappa shape index (κ1) is 41.9. The third kappa shape index (κ3) is 10.5. The van der Waals surface area contributed by atoms with E-state index >= 15 is 0 Å². The Bertz CT molecular complexity index is 1720. The number of aromatic nitrogens is 1. The number of nitrogens with one attached hydrogen (secondary N) is 1. The number of oxime groups is 1. The third-order valence-electron chi connectivity index (χ3n) is 7.74. The highest BCUT2D eigenvalue weighted by molar-refractivity contribution is 6.03. The summed E-state index contributed by atoms with van der Waals surface area (Å²) in [5, 5.41) is 5.76. The zero-order valence-corrected chi connectivity index (χ0v) is 28.8. The molecule has 1 aromatic heterocycles. The van der Waals surface area contributed by atoms with Crippen LogP contribution < -0.4 is 20.7 Å². The summed E-state index contributed by atoms with van der Waals surface area (Å²) in [5.74, 6) is -8.96. The highest BCUT2D eigenvalue weighted by atomic mass is 19.4. The molecule has 1 aliphatic rings.